The van der Waals surface area contributed by atoms with Gasteiger partial charge in [0.05, 0.1) is 12.6 Å². The SMILES string of the molecule is COc1ccc2nn3c(c2c1)NCCC3C(F)F. The Hall–Kier alpha value is -1.85. The second kappa shape index (κ2) is 4.12. The molecule has 3 rings (SSSR count). The molecule has 6 heteroatoms. The number of benzene rings is 1. The molecule has 1 unspecified atom stereocenters. The van der Waals surface area contributed by atoms with Gasteiger partial charge < -0.3 is 10.1 Å². The minimum absolute atomic E-state index is 0.385. The highest BCUT2D eigenvalue weighted by Gasteiger charge is 2.29. The average Bonchev–Trinajstić information content (AvgIpc) is 2.75. The van der Waals surface area contributed by atoms with E-state index in [0.29, 0.717) is 30.0 Å². The molecule has 0 amide bonds. The van der Waals surface area contributed by atoms with Gasteiger partial charge in [-0.15, -0.1) is 0 Å². The van der Waals surface area contributed by atoms with E-state index in [-0.39, 0.29) is 0 Å². The van der Waals surface area contributed by atoms with E-state index in [1.165, 1.54) is 4.68 Å². The van der Waals surface area contributed by atoms with E-state index >= 15 is 0 Å². The van der Waals surface area contributed by atoms with Crippen molar-refractivity contribution in [1.29, 1.82) is 0 Å². The van der Waals surface area contributed by atoms with Gasteiger partial charge in [0.15, 0.2) is 0 Å². The summed E-state index contributed by atoms with van der Waals surface area (Å²) in [5, 5.41) is 8.20. The van der Waals surface area contributed by atoms with Crippen molar-refractivity contribution in [2.24, 2.45) is 0 Å². The molecule has 96 valence electrons. The number of ether oxygens (including phenoxy) is 1. The molecular formula is C12H13F2N3O. The van der Waals surface area contributed by atoms with E-state index in [9.17, 15) is 8.78 Å². The van der Waals surface area contributed by atoms with E-state index < -0.39 is 12.5 Å². The Balaban J connectivity index is 2.18. The molecule has 0 fully saturated rings. The summed E-state index contributed by atoms with van der Waals surface area (Å²) in [7, 11) is 1.58. The van der Waals surface area contributed by atoms with E-state index in [1.807, 2.05) is 6.07 Å². The molecule has 0 bridgehead atoms. The molecule has 1 N–H and O–H groups in total. The first-order valence-corrected chi connectivity index (χ1v) is 5.79. The molecule has 0 saturated carbocycles. The summed E-state index contributed by atoms with van der Waals surface area (Å²) in [6.45, 7) is 0.535. The number of nitrogens with one attached hydrogen (secondary N) is 1. The van der Waals surface area contributed by atoms with Gasteiger partial charge in [0.25, 0.3) is 6.43 Å². The number of anilines is 1. The van der Waals surface area contributed by atoms with E-state index in [0.717, 1.165) is 5.39 Å². The van der Waals surface area contributed by atoms with Gasteiger partial charge in [-0.1, -0.05) is 0 Å². The fraction of sp³-hybridized carbons (Fsp3) is 0.417. The second-order valence-corrected chi connectivity index (χ2v) is 4.29. The number of alkyl halides is 2. The minimum atomic E-state index is -2.40. The van der Waals surface area contributed by atoms with Crippen LogP contribution in [0.4, 0.5) is 14.6 Å². The van der Waals surface area contributed by atoms with E-state index in [4.69, 9.17) is 4.74 Å². The van der Waals surface area contributed by atoms with E-state index in [2.05, 4.69) is 10.4 Å². The largest absolute Gasteiger partial charge is 0.497 e. The normalized spacial score (nSPS) is 18.8. The molecule has 0 aliphatic carbocycles. The van der Waals surface area contributed by atoms with Gasteiger partial charge in [0.1, 0.15) is 17.6 Å². The third kappa shape index (κ3) is 1.60. The predicted octanol–water partition coefficient (Wildman–Crippen LogP) is 2.67. The molecule has 0 spiro atoms. The summed E-state index contributed by atoms with van der Waals surface area (Å²) in [4.78, 5) is 0. The number of hydrogen-bond acceptors (Lipinski definition) is 3. The maximum atomic E-state index is 13.0. The third-order valence-electron chi connectivity index (χ3n) is 3.24. The minimum Gasteiger partial charge on any atom is -0.497 e. The summed E-state index contributed by atoms with van der Waals surface area (Å²) in [6.07, 6.45) is -2.02. The maximum Gasteiger partial charge on any atom is 0.260 e. The highest BCUT2D eigenvalue weighted by molar-refractivity contribution is 5.91. The molecule has 2 heterocycles. The Kier molecular flexibility index (Phi) is 2.57. The zero-order chi connectivity index (χ0) is 12.7. The Labute approximate surface area is 103 Å². The van der Waals surface area contributed by atoms with Crippen LogP contribution in [-0.2, 0) is 0 Å². The third-order valence-corrected chi connectivity index (χ3v) is 3.24. The first kappa shape index (κ1) is 11.3. The topological polar surface area (TPSA) is 39.1 Å². The first-order chi connectivity index (χ1) is 8.70. The van der Waals surface area contributed by atoms with Crippen molar-refractivity contribution in [3.05, 3.63) is 18.2 Å². The van der Waals surface area contributed by atoms with Crippen LogP contribution in [0.3, 0.4) is 0 Å². The van der Waals surface area contributed by atoms with Crippen LogP contribution in [0.1, 0.15) is 12.5 Å². The quantitative estimate of drug-likeness (QED) is 0.894. The molecule has 4 nitrogen and oxygen atoms in total. The van der Waals surface area contributed by atoms with Gasteiger partial charge in [-0.2, -0.15) is 5.10 Å². The van der Waals surface area contributed by atoms with Crippen LogP contribution in [0.15, 0.2) is 18.2 Å². The van der Waals surface area contributed by atoms with Crippen molar-refractivity contribution >= 4 is 16.7 Å². The van der Waals surface area contributed by atoms with Crippen molar-refractivity contribution in [2.75, 3.05) is 19.0 Å². The van der Waals surface area contributed by atoms with Gasteiger partial charge >= 0.3 is 0 Å². The fourth-order valence-corrected chi connectivity index (χ4v) is 2.32. The number of rotatable bonds is 2. The number of aromatic nitrogens is 2. The molecule has 18 heavy (non-hydrogen) atoms. The number of halogens is 2. The van der Waals surface area contributed by atoms with Crippen molar-refractivity contribution < 1.29 is 13.5 Å². The van der Waals surface area contributed by atoms with Crippen molar-refractivity contribution in [1.82, 2.24) is 9.78 Å². The van der Waals surface area contributed by atoms with Crippen LogP contribution in [0, 0.1) is 0 Å². The Bertz CT molecular complexity index is 582. The molecule has 1 aromatic heterocycles. The summed E-state index contributed by atoms with van der Waals surface area (Å²) >= 11 is 0. The molecule has 0 saturated heterocycles. The number of methoxy groups -OCH3 is 1. The van der Waals surface area contributed by atoms with Crippen molar-refractivity contribution in [3.63, 3.8) is 0 Å². The predicted molar refractivity (Wildman–Crippen MR) is 64.4 cm³/mol. The zero-order valence-electron chi connectivity index (χ0n) is 9.86. The van der Waals surface area contributed by atoms with Crippen LogP contribution in [0.5, 0.6) is 5.75 Å². The number of hydrogen-bond donors (Lipinski definition) is 1. The van der Waals surface area contributed by atoms with E-state index in [1.54, 1.807) is 19.2 Å². The molecule has 1 aliphatic rings. The summed E-state index contributed by atoms with van der Waals surface area (Å²) in [6, 6.07) is 4.52. The van der Waals surface area contributed by atoms with Crippen LogP contribution in [0.2, 0.25) is 0 Å². The zero-order valence-corrected chi connectivity index (χ0v) is 9.86. The maximum absolute atomic E-state index is 13.0. The molecule has 1 aliphatic heterocycles. The number of fused-ring (bicyclic) bond motifs is 3. The lowest BCUT2D eigenvalue weighted by atomic mass is 10.1. The lowest BCUT2D eigenvalue weighted by Gasteiger charge is -2.24. The summed E-state index contributed by atoms with van der Waals surface area (Å²) in [5.41, 5.74) is 0.700. The Morgan fingerprint density at radius 3 is 3.06 bits per heavy atom. The van der Waals surface area contributed by atoms with Gasteiger partial charge in [0, 0.05) is 11.9 Å². The second-order valence-electron chi connectivity index (χ2n) is 4.29. The summed E-state index contributed by atoms with van der Waals surface area (Å²) < 4.78 is 32.5. The van der Waals surface area contributed by atoms with Gasteiger partial charge in [-0.05, 0) is 24.6 Å². The van der Waals surface area contributed by atoms with Crippen LogP contribution >= 0.6 is 0 Å². The molecule has 1 atom stereocenters. The highest BCUT2D eigenvalue weighted by atomic mass is 19.3. The summed E-state index contributed by atoms with van der Waals surface area (Å²) in [5.74, 6) is 1.35. The Morgan fingerprint density at radius 2 is 2.33 bits per heavy atom. The highest BCUT2D eigenvalue weighted by Crippen LogP contribution is 2.35. The molecule has 2 aromatic rings. The average molecular weight is 253 g/mol. The molecule has 1 aromatic carbocycles. The Morgan fingerprint density at radius 1 is 1.50 bits per heavy atom. The fourth-order valence-electron chi connectivity index (χ4n) is 2.32. The van der Waals surface area contributed by atoms with Crippen LogP contribution in [0.25, 0.3) is 10.9 Å². The smallest absolute Gasteiger partial charge is 0.260 e. The molecule has 0 radical (unpaired) electrons. The van der Waals surface area contributed by atoms with Crippen molar-refractivity contribution in [2.45, 2.75) is 18.9 Å². The molecular weight excluding hydrogens is 240 g/mol. The number of nitrogens with zero attached hydrogens (tertiary/aromatic N) is 2. The van der Waals surface area contributed by atoms with Gasteiger partial charge in [-0.25, -0.2) is 13.5 Å². The van der Waals surface area contributed by atoms with Crippen LogP contribution in [-0.4, -0.2) is 29.9 Å². The van der Waals surface area contributed by atoms with Crippen molar-refractivity contribution in [3.8, 4) is 5.75 Å². The monoisotopic (exact) mass is 253 g/mol. The van der Waals surface area contributed by atoms with Crippen LogP contribution < -0.4 is 10.1 Å². The lowest BCUT2D eigenvalue weighted by molar-refractivity contribution is 0.0719. The van der Waals surface area contributed by atoms with Gasteiger partial charge in [-0.3, -0.25) is 0 Å². The standard InChI is InChI=1S/C12H13F2N3O/c1-18-7-2-3-9-8(6-7)12-15-5-4-10(11(13)14)17(12)16-9/h2-3,6,10-11,15H,4-5H2,1H3. The lowest BCUT2D eigenvalue weighted by Crippen LogP contribution is -2.28. The first-order valence-electron chi connectivity index (χ1n) is 5.79. The van der Waals surface area contributed by atoms with Gasteiger partial charge in [0.2, 0.25) is 0 Å².